The number of ether oxygens (including phenoxy) is 2. The Labute approximate surface area is 239 Å². The molecule has 0 bridgehead atoms. The molecule has 0 radical (unpaired) electrons. The molecule has 1 heterocycles. The lowest BCUT2D eigenvalue weighted by Crippen LogP contribution is -2.55. The monoisotopic (exact) mass is 602 g/mol. The van der Waals surface area contributed by atoms with E-state index in [0.717, 1.165) is 12.5 Å². The van der Waals surface area contributed by atoms with E-state index in [9.17, 15) is 32.1 Å². The molecule has 3 amide bonds. The SMILES string of the molecule is CC(=O)OC([C@H](C[C@@H]1CCNC1=O)NC(=O)[C@H](CC(C)C)NC(=O)OCC(C)(C)c1cccc(Cl)c1)S(=O)(=O)[O-]. The van der Waals surface area contributed by atoms with Crippen LogP contribution in [0, 0.1) is 11.8 Å². The van der Waals surface area contributed by atoms with E-state index in [1.165, 1.54) is 0 Å². The second-order valence-corrected chi connectivity index (χ2v) is 12.8. The van der Waals surface area contributed by atoms with Crippen LogP contribution in [-0.2, 0) is 39.4 Å². The molecule has 12 nitrogen and oxygen atoms in total. The van der Waals surface area contributed by atoms with E-state index < -0.39 is 56.9 Å². The van der Waals surface area contributed by atoms with Gasteiger partial charge in [0.25, 0.3) is 0 Å². The van der Waals surface area contributed by atoms with Crippen molar-refractivity contribution in [3.63, 3.8) is 0 Å². The summed E-state index contributed by atoms with van der Waals surface area (Å²) in [6.07, 6.45) is -0.698. The van der Waals surface area contributed by atoms with Crippen LogP contribution in [0.25, 0.3) is 0 Å². The molecule has 1 aromatic carbocycles. The molecule has 1 saturated heterocycles. The second kappa shape index (κ2) is 14.1. The molecule has 1 unspecified atom stereocenters. The van der Waals surface area contributed by atoms with E-state index >= 15 is 0 Å². The smallest absolute Gasteiger partial charge is 0.407 e. The Morgan fingerprint density at radius 3 is 2.42 bits per heavy atom. The highest BCUT2D eigenvalue weighted by Gasteiger charge is 2.38. The van der Waals surface area contributed by atoms with Crippen molar-refractivity contribution >= 4 is 45.6 Å². The molecular weight excluding hydrogens is 566 g/mol. The van der Waals surface area contributed by atoms with Gasteiger partial charge < -0.3 is 30.0 Å². The molecule has 0 saturated carbocycles. The number of hydrogen-bond acceptors (Lipinski definition) is 9. The summed E-state index contributed by atoms with van der Waals surface area (Å²) >= 11 is 6.08. The summed E-state index contributed by atoms with van der Waals surface area (Å²) in [6, 6.07) is 4.37. The van der Waals surface area contributed by atoms with Gasteiger partial charge in [0.05, 0.1) is 6.04 Å². The van der Waals surface area contributed by atoms with Gasteiger partial charge in [0, 0.05) is 29.8 Å². The zero-order valence-electron chi connectivity index (χ0n) is 23.2. The van der Waals surface area contributed by atoms with Gasteiger partial charge in [-0.1, -0.05) is 51.4 Å². The molecule has 40 heavy (non-hydrogen) atoms. The highest BCUT2D eigenvalue weighted by Crippen LogP contribution is 2.26. The fourth-order valence-electron chi connectivity index (χ4n) is 4.33. The van der Waals surface area contributed by atoms with Gasteiger partial charge in [-0.2, -0.15) is 0 Å². The molecule has 4 atom stereocenters. The van der Waals surface area contributed by atoms with Crippen molar-refractivity contribution in [1.82, 2.24) is 16.0 Å². The summed E-state index contributed by atoms with van der Waals surface area (Å²) in [5.41, 5.74) is -2.05. The first kappa shape index (κ1) is 33.3. The lowest BCUT2D eigenvalue weighted by atomic mass is 9.86. The number of esters is 1. The van der Waals surface area contributed by atoms with Gasteiger partial charge in [-0.25, -0.2) is 13.2 Å². The lowest BCUT2D eigenvalue weighted by molar-refractivity contribution is -0.145. The minimum atomic E-state index is -5.25. The zero-order chi connectivity index (χ0) is 30.3. The molecule has 1 fully saturated rings. The standard InChI is InChI=1S/C26H38ClN3O9S/c1-15(2)11-20(30-25(34)38-14-26(4,5)18-7-6-8-19(27)13-18)23(33)29-21(12-17-9-10-28-22(17)32)24(39-16(3)31)40(35,36)37/h6-8,13,15,17,20-21,24H,9-12,14H2,1-5H3,(H,28,32)(H,29,33)(H,30,34)(H,35,36,37)/p-1/t17-,20-,21-,24?/m0/s1. The third kappa shape index (κ3) is 10.3. The number of benzene rings is 1. The molecule has 0 aromatic heterocycles. The van der Waals surface area contributed by atoms with Crippen LogP contribution in [0.4, 0.5) is 4.79 Å². The molecule has 1 aliphatic rings. The Morgan fingerprint density at radius 2 is 1.90 bits per heavy atom. The number of rotatable bonds is 13. The van der Waals surface area contributed by atoms with E-state index in [-0.39, 0.29) is 31.3 Å². The Kier molecular flexibility index (Phi) is 11.8. The van der Waals surface area contributed by atoms with E-state index in [0.29, 0.717) is 18.0 Å². The number of carbonyl (C=O) groups excluding carboxylic acids is 4. The summed E-state index contributed by atoms with van der Waals surface area (Å²) in [5.74, 6) is -3.08. The van der Waals surface area contributed by atoms with E-state index in [2.05, 4.69) is 16.0 Å². The maximum atomic E-state index is 13.3. The van der Waals surface area contributed by atoms with Gasteiger partial charge in [-0.3, -0.25) is 14.4 Å². The van der Waals surface area contributed by atoms with Crippen LogP contribution in [0.3, 0.4) is 0 Å². The maximum Gasteiger partial charge on any atom is 0.407 e. The molecule has 3 N–H and O–H groups in total. The summed E-state index contributed by atoms with van der Waals surface area (Å²) in [5, 5.41) is 8.05. The van der Waals surface area contributed by atoms with Crippen LogP contribution in [0.5, 0.6) is 0 Å². The Balaban J connectivity index is 2.20. The Hall–Kier alpha value is -2.90. The van der Waals surface area contributed by atoms with Gasteiger partial charge in [-0.05, 0) is 42.9 Å². The van der Waals surface area contributed by atoms with Crippen LogP contribution >= 0.6 is 11.6 Å². The minimum Gasteiger partial charge on any atom is -0.745 e. The van der Waals surface area contributed by atoms with Crippen molar-refractivity contribution in [2.24, 2.45) is 11.8 Å². The fraction of sp³-hybridized carbons (Fsp3) is 0.615. The third-order valence-corrected chi connectivity index (χ3v) is 7.64. The highest BCUT2D eigenvalue weighted by molar-refractivity contribution is 7.86. The largest absolute Gasteiger partial charge is 0.745 e. The van der Waals surface area contributed by atoms with Crippen LogP contribution in [0.1, 0.15) is 59.4 Å². The number of amides is 3. The fourth-order valence-corrected chi connectivity index (χ4v) is 5.35. The second-order valence-electron chi connectivity index (χ2n) is 10.9. The van der Waals surface area contributed by atoms with E-state index in [1.807, 2.05) is 19.9 Å². The third-order valence-electron chi connectivity index (χ3n) is 6.41. The van der Waals surface area contributed by atoms with Crippen molar-refractivity contribution in [1.29, 1.82) is 0 Å². The molecule has 1 aliphatic heterocycles. The summed E-state index contributed by atoms with van der Waals surface area (Å²) < 4.78 is 46.2. The molecule has 0 spiro atoms. The quantitative estimate of drug-likeness (QED) is 0.225. The Morgan fingerprint density at radius 1 is 1.23 bits per heavy atom. The number of halogens is 1. The number of nitrogens with one attached hydrogen (secondary N) is 3. The molecule has 0 aliphatic carbocycles. The minimum absolute atomic E-state index is 0.0441. The van der Waals surface area contributed by atoms with Crippen molar-refractivity contribution < 1.29 is 41.6 Å². The molecular formula is C26H37ClN3O9S-. The van der Waals surface area contributed by atoms with Crippen molar-refractivity contribution in [3.05, 3.63) is 34.9 Å². The van der Waals surface area contributed by atoms with Gasteiger partial charge in [0.1, 0.15) is 22.8 Å². The maximum absolute atomic E-state index is 13.3. The highest BCUT2D eigenvalue weighted by atomic mass is 35.5. The lowest BCUT2D eigenvalue weighted by Gasteiger charge is -2.32. The molecule has 224 valence electrons. The normalized spacial score (nSPS) is 17.9. The van der Waals surface area contributed by atoms with Crippen LogP contribution in [-0.4, -0.2) is 67.5 Å². The average molecular weight is 603 g/mol. The van der Waals surface area contributed by atoms with E-state index in [1.54, 1.807) is 32.0 Å². The van der Waals surface area contributed by atoms with Crippen LogP contribution in [0.2, 0.25) is 5.02 Å². The van der Waals surface area contributed by atoms with Gasteiger partial charge in [0.15, 0.2) is 0 Å². The first-order valence-electron chi connectivity index (χ1n) is 12.9. The topological polar surface area (TPSA) is 180 Å². The van der Waals surface area contributed by atoms with Crippen molar-refractivity contribution in [3.8, 4) is 0 Å². The zero-order valence-corrected chi connectivity index (χ0v) is 24.8. The van der Waals surface area contributed by atoms with Gasteiger partial charge >= 0.3 is 12.1 Å². The van der Waals surface area contributed by atoms with E-state index in [4.69, 9.17) is 21.1 Å². The summed E-state index contributed by atoms with van der Waals surface area (Å²) in [6.45, 7) is 8.53. The number of hydrogen-bond donors (Lipinski definition) is 3. The average Bonchev–Trinajstić information content (AvgIpc) is 3.23. The summed E-state index contributed by atoms with van der Waals surface area (Å²) in [7, 11) is -5.25. The van der Waals surface area contributed by atoms with Crippen LogP contribution < -0.4 is 16.0 Å². The number of carbonyl (C=O) groups is 4. The Bertz CT molecular complexity index is 1190. The predicted octanol–water partition coefficient (Wildman–Crippen LogP) is 2.20. The van der Waals surface area contributed by atoms with Gasteiger partial charge in [-0.15, -0.1) is 0 Å². The van der Waals surface area contributed by atoms with Crippen molar-refractivity contribution in [2.45, 2.75) is 76.8 Å². The first-order chi connectivity index (χ1) is 18.5. The van der Waals surface area contributed by atoms with Gasteiger partial charge in [0.2, 0.25) is 17.3 Å². The van der Waals surface area contributed by atoms with Crippen molar-refractivity contribution in [2.75, 3.05) is 13.2 Å². The number of alkyl carbamates (subject to hydrolysis) is 1. The predicted molar refractivity (Wildman–Crippen MR) is 145 cm³/mol. The molecule has 14 heteroatoms. The molecule has 1 aromatic rings. The molecule has 2 rings (SSSR count). The van der Waals surface area contributed by atoms with Crippen LogP contribution in [0.15, 0.2) is 24.3 Å². The first-order valence-corrected chi connectivity index (χ1v) is 14.7. The summed E-state index contributed by atoms with van der Waals surface area (Å²) in [4.78, 5) is 49.8.